The molecule has 6 heteroatoms. The number of likely N-dealkylation sites (N-methyl/N-ethyl adjacent to an activating group) is 1. The molecule has 0 bridgehead atoms. The number of carbonyl (C=O) groups is 1. The van der Waals surface area contributed by atoms with Gasteiger partial charge in [0.05, 0.1) is 0 Å². The quantitative estimate of drug-likeness (QED) is 0.842. The van der Waals surface area contributed by atoms with Crippen LogP contribution in [0.4, 0.5) is 0 Å². The fraction of sp³-hybridized carbons (Fsp3) is 0.778. The molecule has 134 valence electrons. The second kappa shape index (κ2) is 7.23. The molecule has 0 N–H and O–H groups in total. The third kappa shape index (κ3) is 3.35. The van der Waals surface area contributed by atoms with Crippen molar-refractivity contribution < 1.29 is 4.79 Å². The predicted molar refractivity (Wildman–Crippen MR) is 95.1 cm³/mol. The second-order valence-corrected chi connectivity index (χ2v) is 7.47. The Hall–Kier alpha value is -1.40. The molecule has 1 aromatic heterocycles. The Labute approximate surface area is 145 Å². The minimum Gasteiger partial charge on any atom is -0.335 e. The number of aromatic nitrogens is 2. The molecule has 2 saturated heterocycles. The Balaban J connectivity index is 1.80. The van der Waals surface area contributed by atoms with E-state index in [1.54, 1.807) is 6.20 Å². The normalized spacial score (nSPS) is 22.7. The van der Waals surface area contributed by atoms with Gasteiger partial charge in [0.25, 0.3) is 5.91 Å². The third-order valence-electron chi connectivity index (χ3n) is 5.79. The van der Waals surface area contributed by atoms with Crippen LogP contribution in [0, 0.1) is 0 Å². The Morgan fingerprint density at radius 1 is 1.21 bits per heavy atom. The van der Waals surface area contributed by atoms with Crippen molar-refractivity contribution in [1.82, 2.24) is 24.5 Å². The minimum atomic E-state index is 0.133. The summed E-state index contributed by atoms with van der Waals surface area (Å²) in [5.41, 5.74) is 0.873. The first-order valence-corrected chi connectivity index (χ1v) is 9.26. The average molecular weight is 333 g/mol. The van der Waals surface area contributed by atoms with Crippen LogP contribution < -0.4 is 0 Å². The highest BCUT2D eigenvalue weighted by Gasteiger charge is 2.41. The molecule has 3 heterocycles. The largest absolute Gasteiger partial charge is 0.335 e. The number of likely N-dealkylation sites (tertiary alicyclic amines) is 1. The lowest BCUT2D eigenvalue weighted by Crippen LogP contribution is -2.58. The number of hydrogen-bond acceptors (Lipinski definition) is 4. The van der Waals surface area contributed by atoms with Gasteiger partial charge in [-0.05, 0) is 58.9 Å². The molecule has 0 unspecified atom stereocenters. The van der Waals surface area contributed by atoms with E-state index >= 15 is 0 Å². The van der Waals surface area contributed by atoms with Crippen molar-refractivity contribution in [2.45, 2.75) is 44.7 Å². The van der Waals surface area contributed by atoms with Crippen molar-refractivity contribution in [2.24, 2.45) is 0 Å². The van der Waals surface area contributed by atoms with Crippen LogP contribution in [0.1, 0.15) is 43.1 Å². The van der Waals surface area contributed by atoms with Gasteiger partial charge in [-0.3, -0.25) is 14.4 Å². The van der Waals surface area contributed by atoms with Gasteiger partial charge in [-0.25, -0.2) is 0 Å². The van der Waals surface area contributed by atoms with Crippen LogP contribution >= 0.6 is 0 Å². The standard InChI is InChI=1S/C18H31N5O/c1-4-10-23-16(6-9-19-23)17(24)22-12-5-11-21(3)18(15-22)7-13-20(2)14-8-18/h6,9H,4-5,7-8,10-15H2,1-3H3. The first-order valence-electron chi connectivity index (χ1n) is 9.26. The van der Waals surface area contributed by atoms with Crippen molar-refractivity contribution in [3.63, 3.8) is 0 Å². The molecule has 2 aliphatic rings. The summed E-state index contributed by atoms with van der Waals surface area (Å²) in [7, 11) is 4.43. The van der Waals surface area contributed by atoms with Crippen LogP contribution in [0.3, 0.4) is 0 Å². The Kier molecular flexibility index (Phi) is 5.25. The number of amides is 1. The van der Waals surface area contributed by atoms with Crippen LogP contribution in [0.2, 0.25) is 0 Å². The maximum absolute atomic E-state index is 13.1. The maximum atomic E-state index is 13.1. The summed E-state index contributed by atoms with van der Waals surface area (Å²) in [6, 6.07) is 1.87. The zero-order valence-corrected chi connectivity index (χ0v) is 15.4. The fourth-order valence-corrected chi connectivity index (χ4v) is 4.11. The molecule has 1 aromatic rings. The van der Waals surface area contributed by atoms with Gasteiger partial charge in [0.2, 0.25) is 0 Å². The molecule has 0 radical (unpaired) electrons. The SMILES string of the molecule is CCCn1nccc1C(=O)N1CCCN(C)C2(CCN(C)CC2)C1. The van der Waals surface area contributed by atoms with Crippen molar-refractivity contribution in [1.29, 1.82) is 0 Å². The predicted octanol–water partition coefficient (Wildman–Crippen LogP) is 1.54. The molecular weight excluding hydrogens is 302 g/mol. The smallest absolute Gasteiger partial charge is 0.272 e. The molecule has 0 atom stereocenters. The number of aryl methyl sites for hydroxylation is 1. The van der Waals surface area contributed by atoms with E-state index in [0.717, 1.165) is 70.6 Å². The Morgan fingerprint density at radius 2 is 1.96 bits per heavy atom. The van der Waals surface area contributed by atoms with Gasteiger partial charge in [-0.2, -0.15) is 5.10 Å². The minimum absolute atomic E-state index is 0.133. The lowest BCUT2D eigenvalue weighted by molar-refractivity contribution is 0.0312. The van der Waals surface area contributed by atoms with Crippen LogP contribution in [0.5, 0.6) is 0 Å². The van der Waals surface area contributed by atoms with E-state index in [1.165, 1.54) is 0 Å². The summed E-state index contributed by atoms with van der Waals surface area (Å²) in [5.74, 6) is 0.148. The summed E-state index contributed by atoms with van der Waals surface area (Å²) >= 11 is 0. The number of piperidine rings is 1. The molecule has 24 heavy (non-hydrogen) atoms. The Bertz CT molecular complexity index is 562. The van der Waals surface area contributed by atoms with Crippen molar-refractivity contribution in [3.05, 3.63) is 18.0 Å². The summed E-state index contributed by atoms with van der Waals surface area (Å²) in [5, 5.41) is 4.33. The zero-order valence-electron chi connectivity index (χ0n) is 15.4. The fourth-order valence-electron chi connectivity index (χ4n) is 4.11. The highest BCUT2D eigenvalue weighted by Crippen LogP contribution is 2.31. The molecule has 2 fully saturated rings. The number of nitrogens with zero attached hydrogens (tertiary/aromatic N) is 5. The van der Waals surface area contributed by atoms with Crippen LogP contribution in [-0.2, 0) is 6.54 Å². The molecular formula is C18H31N5O. The van der Waals surface area contributed by atoms with Gasteiger partial charge in [-0.15, -0.1) is 0 Å². The van der Waals surface area contributed by atoms with Gasteiger partial charge < -0.3 is 9.80 Å². The first kappa shape index (κ1) is 17.4. The molecule has 1 spiro atoms. The second-order valence-electron chi connectivity index (χ2n) is 7.47. The number of carbonyl (C=O) groups excluding carboxylic acids is 1. The molecule has 1 amide bonds. The summed E-state index contributed by atoms with van der Waals surface area (Å²) in [4.78, 5) is 20.1. The summed E-state index contributed by atoms with van der Waals surface area (Å²) in [6.07, 6.45) is 6.05. The summed E-state index contributed by atoms with van der Waals surface area (Å²) < 4.78 is 1.86. The maximum Gasteiger partial charge on any atom is 0.272 e. The Morgan fingerprint density at radius 3 is 2.67 bits per heavy atom. The monoisotopic (exact) mass is 333 g/mol. The van der Waals surface area contributed by atoms with Gasteiger partial charge in [0, 0.05) is 37.9 Å². The van der Waals surface area contributed by atoms with E-state index in [2.05, 4.69) is 40.8 Å². The lowest BCUT2D eigenvalue weighted by atomic mass is 9.85. The van der Waals surface area contributed by atoms with E-state index in [1.807, 2.05) is 10.7 Å². The van der Waals surface area contributed by atoms with Crippen molar-refractivity contribution in [2.75, 3.05) is 46.8 Å². The highest BCUT2D eigenvalue weighted by molar-refractivity contribution is 5.92. The zero-order chi connectivity index (χ0) is 17.2. The van der Waals surface area contributed by atoms with Gasteiger partial charge in [-0.1, -0.05) is 6.92 Å². The van der Waals surface area contributed by atoms with E-state index < -0.39 is 0 Å². The molecule has 3 rings (SSSR count). The van der Waals surface area contributed by atoms with Crippen molar-refractivity contribution in [3.8, 4) is 0 Å². The van der Waals surface area contributed by atoms with E-state index in [0.29, 0.717) is 0 Å². The lowest BCUT2D eigenvalue weighted by Gasteiger charge is -2.47. The van der Waals surface area contributed by atoms with Gasteiger partial charge in [0.1, 0.15) is 5.69 Å². The van der Waals surface area contributed by atoms with Gasteiger partial charge >= 0.3 is 0 Å². The molecule has 0 aliphatic carbocycles. The van der Waals surface area contributed by atoms with Crippen LogP contribution in [0.15, 0.2) is 12.3 Å². The van der Waals surface area contributed by atoms with Gasteiger partial charge in [0.15, 0.2) is 0 Å². The van der Waals surface area contributed by atoms with Crippen LogP contribution in [-0.4, -0.2) is 82.7 Å². The molecule has 2 aliphatic heterocycles. The van der Waals surface area contributed by atoms with Crippen molar-refractivity contribution >= 4 is 5.91 Å². The third-order valence-corrected chi connectivity index (χ3v) is 5.79. The molecule has 6 nitrogen and oxygen atoms in total. The van der Waals surface area contributed by atoms with E-state index in [9.17, 15) is 4.79 Å². The highest BCUT2D eigenvalue weighted by atomic mass is 16.2. The first-order chi connectivity index (χ1) is 11.6. The van der Waals surface area contributed by atoms with E-state index in [-0.39, 0.29) is 11.4 Å². The average Bonchev–Trinajstić information content (AvgIpc) is 2.97. The summed E-state index contributed by atoms with van der Waals surface area (Å²) in [6.45, 7) is 7.90. The topological polar surface area (TPSA) is 44.6 Å². The molecule has 0 aromatic carbocycles. The molecule has 0 saturated carbocycles. The number of hydrogen-bond donors (Lipinski definition) is 0. The van der Waals surface area contributed by atoms with Crippen LogP contribution in [0.25, 0.3) is 0 Å². The van der Waals surface area contributed by atoms with E-state index in [4.69, 9.17) is 0 Å². The number of rotatable bonds is 3.